The van der Waals surface area contributed by atoms with E-state index in [1.807, 2.05) is 0 Å². The topological polar surface area (TPSA) is 91.0 Å². The van der Waals surface area contributed by atoms with E-state index in [1.54, 1.807) is 6.92 Å². The summed E-state index contributed by atoms with van der Waals surface area (Å²) in [5.41, 5.74) is -0.933. The number of aromatic carboxylic acids is 1. The average molecular weight is 239 g/mol. The van der Waals surface area contributed by atoms with Crippen molar-refractivity contribution in [1.82, 2.24) is 4.90 Å². The van der Waals surface area contributed by atoms with E-state index in [1.165, 1.54) is 11.0 Å². The molecule has 1 aromatic heterocycles. The molecule has 17 heavy (non-hydrogen) atoms. The molecule has 2 heterocycles. The number of carboxylic acid groups (broad SMARTS) is 1. The predicted molar refractivity (Wildman–Crippen MR) is 56.8 cm³/mol. The van der Waals surface area contributed by atoms with Crippen molar-refractivity contribution in [2.24, 2.45) is 0 Å². The molecule has 1 unspecified atom stereocenters. The molecule has 0 aromatic carbocycles. The first-order valence-corrected chi connectivity index (χ1v) is 5.22. The van der Waals surface area contributed by atoms with Crippen LogP contribution in [0.3, 0.4) is 0 Å². The van der Waals surface area contributed by atoms with Crippen LogP contribution in [0.4, 0.5) is 0 Å². The molecule has 6 nitrogen and oxygen atoms in total. The van der Waals surface area contributed by atoms with Crippen LogP contribution in [0, 0.1) is 0 Å². The van der Waals surface area contributed by atoms with E-state index in [0.29, 0.717) is 13.0 Å². The number of carbonyl (C=O) groups excluding carboxylic acids is 1. The van der Waals surface area contributed by atoms with Crippen LogP contribution < -0.4 is 0 Å². The monoisotopic (exact) mass is 239 g/mol. The summed E-state index contributed by atoms with van der Waals surface area (Å²) in [6.07, 6.45) is 1.54. The Labute approximate surface area is 97.4 Å². The normalized spacial score (nSPS) is 24.0. The first-order chi connectivity index (χ1) is 7.89. The second-order valence-corrected chi connectivity index (χ2v) is 4.48. The summed E-state index contributed by atoms with van der Waals surface area (Å²) < 4.78 is 4.91. The third-order valence-corrected chi connectivity index (χ3v) is 2.80. The van der Waals surface area contributed by atoms with Crippen LogP contribution in [0.1, 0.15) is 34.3 Å². The van der Waals surface area contributed by atoms with Gasteiger partial charge in [-0.05, 0) is 13.3 Å². The van der Waals surface area contributed by atoms with Gasteiger partial charge in [0.05, 0.1) is 11.2 Å². The van der Waals surface area contributed by atoms with Gasteiger partial charge in [-0.3, -0.25) is 4.79 Å². The van der Waals surface area contributed by atoms with Gasteiger partial charge in [0.2, 0.25) is 0 Å². The Balaban J connectivity index is 2.12. The lowest BCUT2D eigenvalue weighted by Crippen LogP contribution is -2.33. The molecule has 1 amide bonds. The van der Waals surface area contributed by atoms with E-state index in [2.05, 4.69) is 0 Å². The van der Waals surface area contributed by atoms with Gasteiger partial charge < -0.3 is 19.5 Å². The molecule has 1 aliphatic heterocycles. The van der Waals surface area contributed by atoms with Gasteiger partial charge in [-0.15, -0.1) is 0 Å². The van der Waals surface area contributed by atoms with Crippen LogP contribution >= 0.6 is 0 Å². The van der Waals surface area contributed by atoms with E-state index < -0.39 is 17.5 Å². The minimum Gasteiger partial charge on any atom is -0.478 e. The molecule has 6 heteroatoms. The van der Waals surface area contributed by atoms with Gasteiger partial charge >= 0.3 is 5.97 Å². The van der Waals surface area contributed by atoms with Gasteiger partial charge in [0.15, 0.2) is 5.76 Å². The smallest absolute Gasteiger partial charge is 0.338 e. The van der Waals surface area contributed by atoms with E-state index in [0.717, 1.165) is 6.26 Å². The van der Waals surface area contributed by atoms with E-state index in [4.69, 9.17) is 9.52 Å². The molecule has 0 radical (unpaired) electrons. The molecule has 2 N–H and O–H groups in total. The minimum atomic E-state index is -1.14. The summed E-state index contributed by atoms with van der Waals surface area (Å²) in [5.74, 6) is -1.54. The Morgan fingerprint density at radius 2 is 2.24 bits per heavy atom. The maximum Gasteiger partial charge on any atom is 0.338 e. The average Bonchev–Trinajstić information content (AvgIpc) is 2.83. The zero-order chi connectivity index (χ0) is 12.6. The maximum atomic E-state index is 11.9. The van der Waals surface area contributed by atoms with Crippen molar-refractivity contribution in [2.75, 3.05) is 13.1 Å². The van der Waals surface area contributed by atoms with Crippen molar-refractivity contribution in [3.8, 4) is 0 Å². The second-order valence-electron chi connectivity index (χ2n) is 4.48. The Morgan fingerprint density at radius 1 is 1.53 bits per heavy atom. The fourth-order valence-electron chi connectivity index (χ4n) is 1.83. The Hall–Kier alpha value is -1.82. The molecule has 0 bridgehead atoms. The number of rotatable bonds is 2. The Morgan fingerprint density at radius 3 is 2.71 bits per heavy atom. The molecular weight excluding hydrogens is 226 g/mol. The van der Waals surface area contributed by atoms with Gasteiger partial charge in [0.1, 0.15) is 6.26 Å². The Kier molecular flexibility index (Phi) is 2.66. The minimum absolute atomic E-state index is 0.0138. The van der Waals surface area contributed by atoms with Crippen molar-refractivity contribution in [1.29, 1.82) is 0 Å². The maximum absolute atomic E-state index is 11.9. The second kappa shape index (κ2) is 3.89. The molecular formula is C11H13NO5. The molecule has 0 aliphatic carbocycles. The lowest BCUT2D eigenvalue weighted by Gasteiger charge is -2.17. The number of amides is 1. The number of carbonyl (C=O) groups is 2. The number of likely N-dealkylation sites (tertiary alicyclic amines) is 1. The zero-order valence-corrected chi connectivity index (χ0v) is 9.34. The first kappa shape index (κ1) is 11.7. The van der Waals surface area contributed by atoms with Crippen LogP contribution in [0.2, 0.25) is 0 Å². The zero-order valence-electron chi connectivity index (χ0n) is 9.34. The number of hydrogen-bond acceptors (Lipinski definition) is 4. The quantitative estimate of drug-likeness (QED) is 0.787. The third-order valence-electron chi connectivity index (χ3n) is 2.80. The number of nitrogens with zero attached hydrogens (tertiary/aromatic N) is 1. The summed E-state index contributed by atoms with van der Waals surface area (Å²) in [6, 6.07) is 1.19. The predicted octanol–water partition coefficient (Wildman–Crippen LogP) is 0.575. The SMILES string of the molecule is CC1(O)CCN(C(=O)c2cc(C(=O)O)co2)C1. The lowest BCUT2D eigenvalue weighted by molar-refractivity contribution is 0.0555. The molecule has 1 aliphatic rings. The van der Waals surface area contributed by atoms with Gasteiger partial charge in [-0.25, -0.2) is 4.79 Å². The first-order valence-electron chi connectivity index (χ1n) is 5.22. The molecule has 1 aromatic rings. The number of aliphatic hydroxyl groups is 1. The largest absolute Gasteiger partial charge is 0.478 e. The standard InChI is InChI=1S/C11H13NO5/c1-11(16)2-3-12(6-11)9(13)8-4-7(5-17-8)10(14)15/h4-5,16H,2-3,6H2,1H3,(H,14,15). The molecule has 0 saturated carbocycles. The van der Waals surface area contributed by atoms with Crippen LogP contribution in [0.15, 0.2) is 16.7 Å². The summed E-state index contributed by atoms with van der Waals surface area (Å²) in [5, 5.41) is 18.4. The van der Waals surface area contributed by atoms with E-state index in [-0.39, 0.29) is 17.9 Å². The van der Waals surface area contributed by atoms with E-state index >= 15 is 0 Å². The van der Waals surface area contributed by atoms with Crippen molar-refractivity contribution in [3.63, 3.8) is 0 Å². The number of hydrogen-bond donors (Lipinski definition) is 2. The van der Waals surface area contributed by atoms with Gasteiger partial charge in [-0.1, -0.05) is 0 Å². The van der Waals surface area contributed by atoms with Crippen LogP contribution in [-0.2, 0) is 0 Å². The van der Waals surface area contributed by atoms with E-state index in [9.17, 15) is 14.7 Å². The summed E-state index contributed by atoms with van der Waals surface area (Å²) in [4.78, 5) is 24.0. The fourth-order valence-corrected chi connectivity index (χ4v) is 1.83. The van der Waals surface area contributed by atoms with Crippen molar-refractivity contribution in [2.45, 2.75) is 18.9 Å². The fraction of sp³-hybridized carbons (Fsp3) is 0.455. The highest BCUT2D eigenvalue weighted by atomic mass is 16.4. The van der Waals surface area contributed by atoms with Gasteiger partial charge in [0.25, 0.3) is 5.91 Å². The number of furan rings is 1. The summed E-state index contributed by atoms with van der Waals surface area (Å²) in [7, 11) is 0. The highest BCUT2D eigenvalue weighted by Crippen LogP contribution is 2.22. The lowest BCUT2D eigenvalue weighted by atomic mass is 10.1. The highest BCUT2D eigenvalue weighted by Gasteiger charge is 2.35. The van der Waals surface area contributed by atoms with Crippen molar-refractivity contribution in [3.05, 3.63) is 23.7 Å². The number of β-amino-alcohol motifs (C(OH)–C–C–N with tert-alkyl or cyclic N) is 1. The van der Waals surface area contributed by atoms with Crippen LogP contribution in [0.5, 0.6) is 0 Å². The van der Waals surface area contributed by atoms with Gasteiger partial charge in [-0.2, -0.15) is 0 Å². The van der Waals surface area contributed by atoms with Crippen molar-refractivity contribution < 1.29 is 24.2 Å². The van der Waals surface area contributed by atoms with Crippen molar-refractivity contribution >= 4 is 11.9 Å². The molecule has 1 saturated heterocycles. The third kappa shape index (κ3) is 2.31. The van der Waals surface area contributed by atoms with Gasteiger partial charge in [0, 0.05) is 19.2 Å². The molecule has 2 rings (SSSR count). The molecule has 92 valence electrons. The van der Waals surface area contributed by atoms with Crippen LogP contribution in [-0.4, -0.2) is 45.7 Å². The number of carboxylic acids is 1. The van der Waals surface area contributed by atoms with Crippen LogP contribution in [0.25, 0.3) is 0 Å². The molecule has 0 spiro atoms. The summed E-state index contributed by atoms with van der Waals surface area (Å²) in [6.45, 7) is 2.33. The Bertz CT molecular complexity index is 462. The summed E-state index contributed by atoms with van der Waals surface area (Å²) >= 11 is 0. The molecule has 1 atom stereocenters. The molecule has 1 fully saturated rings. The highest BCUT2D eigenvalue weighted by molar-refractivity contribution is 5.95.